The molecule has 0 spiro atoms. The Kier molecular flexibility index (Phi) is 4.06. The van der Waals surface area contributed by atoms with Gasteiger partial charge in [-0.2, -0.15) is 4.79 Å². The Hall–Kier alpha value is -2.75. The van der Waals surface area contributed by atoms with Gasteiger partial charge in [-0.15, -0.1) is 0 Å². The largest absolute Gasteiger partial charge is 0.362 e. The van der Waals surface area contributed by atoms with E-state index < -0.39 is 9.84 Å². The van der Waals surface area contributed by atoms with Gasteiger partial charge in [0, 0.05) is 5.39 Å². The van der Waals surface area contributed by atoms with Gasteiger partial charge in [0.1, 0.15) is 0 Å². The van der Waals surface area contributed by atoms with Crippen molar-refractivity contribution >= 4 is 26.8 Å². The molecule has 0 radical (unpaired) electrons. The van der Waals surface area contributed by atoms with Crippen LogP contribution < -0.4 is 0 Å². The fraction of sp³-hybridized carbons (Fsp3) is 0.0556. The predicted molar refractivity (Wildman–Crippen MR) is 89.2 cm³/mol. The van der Waals surface area contributed by atoms with Crippen molar-refractivity contribution in [3.8, 4) is 0 Å². The van der Waals surface area contributed by atoms with Crippen molar-refractivity contribution in [1.29, 1.82) is 0 Å². The third-order valence-electron chi connectivity index (χ3n) is 3.69. The molecule has 23 heavy (non-hydrogen) atoms. The lowest BCUT2D eigenvalue weighted by Crippen LogP contribution is -2.07. The van der Waals surface area contributed by atoms with Crippen molar-refractivity contribution in [3.63, 3.8) is 0 Å². The van der Waals surface area contributed by atoms with E-state index in [4.69, 9.17) is 5.53 Å². The fourth-order valence-electron chi connectivity index (χ4n) is 2.62. The number of nitrogens with zero attached hydrogens (tertiary/aromatic N) is 2. The summed E-state index contributed by atoms with van der Waals surface area (Å²) < 4.78 is 26.2. The molecule has 4 nitrogen and oxygen atoms in total. The van der Waals surface area contributed by atoms with E-state index in [2.05, 4.69) is 4.79 Å². The summed E-state index contributed by atoms with van der Waals surface area (Å²) in [5.41, 5.74) is 9.20. The van der Waals surface area contributed by atoms with E-state index in [1.54, 1.807) is 42.5 Å². The molecule has 0 bridgehead atoms. The zero-order valence-electron chi connectivity index (χ0n) is 12.3. The van der Waals surface area contributed by atoms with Gasteiger partial charge in [-0.25, -0.2) is 8.42 Å². The molecule has 0 heterocycles. The summed E-state index contributed by atoms with van der Waals surface area (Å²) in [5, 5.41) is 1.57. The van der Waals surface area contributed by atoms with Crippen molar-refractivity contribution in [3.05, 3.63) is 77.8 Å². The van der Waals surface area contributed by atoms with Gasteiger partial charge < -0.3 is 5.53 Å². The Bertz CT molecular complexity index is 1010. The zero-order valence-corrected chi connectivity index (χ0v) is 13.1. The molecule has 0 unspecified atom stereocenters. The molecule has 0 aliphatic rings. The second-order valence-electron chi connectivity index (χ2n) is 5.09. The number of hydrogen-bond acceptors (Lipinski definition) is 2. The van der Waals surface area contributed by atoms with Crippen molar-refractivity contribution in [2.75, 3.05) is 0 Å². The van der Waals surface area contributed by atoms with Gasteiger partial charge in [-0.05, 0) is 23.1 Å². The molecule has 0 fully saturated rings. The molecular weight excluding hydrogens is 308 g/mol. The van der Waals surface area contributed by atoms with Crippen LogP contribution in [-0.4, -0.2) is 19.4 Å². The van der Waals surface area contributed by atoms with Crippen LogP contribution in [0, 0.1) is 0 Å². The zero-order chi connectivity index (χ0) is 16.3. The summed E-state index contributed by atoms with van der Waals surface area (Å²) in [7, 11) is -3.67. The Morgan fingerprint density at radius 1 is 0.870 bits per heavy atom. The molecular formula is C18H14N2O2S. The molecule has 3 rings (SSSR count). The smallest absolute Gasteiger partial charge is 0.261 e. The summed E-state index contributed by atoms with van der Waals surface area (Å²) >= 11 is 0. The molecule has 5 heteroatoms. The highest BCUT2D eigenvalue weighted by atomic mass is 32.2. The van der Waals surface area contributed by atoms with Gasteiger partial charge >= 0.3 is 0 Å². The minimum atomic E-state index is -3.67. The summed E-state index contributed by atoms with van der Waals surface area (Å²) in [6, 6.07) is 19.4. The topological polar surface area (TPSA) is 70.5 Å². The Morgan fingerprint density at radius 2 is 1.52 bits per heavy atom. The number of sulfone groups is 1. The molecule has 0 saturated carbocycles. The molecule has 3 aromatic rings. The van der Waals surface area contributed by atoms with Crippen LogP contribution in [-0.2, 0) is 16.3 Å². The molecule has 114 valence electrons. The molecule has 0 aromatic heterocycles. The minimum Gasteiger partial charge on any atom is -0.362 e. The summed E-state index contributed by atoms with van der Waals surface area (Å²) in [5.74, 6) is 0. The lowest BCUT2D eigenvalue weighted by molar-refractivity contribution is 0.00154. The number of benzene rings is 3. The maximum absolute atomic E-state index is 13.1. The van der Waals surface area contributed by atoms with Gasteiger partial charge in [0.15, 0.2) is 0 Å². The summed E-state index contributed by atoms with van der Waals surface area (Å²) in [4.78, 5) is 3.47. The standard InChI is InChI=1S/C18H14N2O2S/c19-20-13-12-15-7-2-4-10-17(15)23(21,22)18-11-5-8-14-6-1-3-9-16(14)18/h1-11,13H,12H2. The van der Waals surface area contributed by atoms with Gasteiger partial charge in [0.25, 0.3) is 6.21 Å². The molecule has 0 aliphatic heterocycles. The lowest BCUT2D eigenvalue weighted by atomic mass is 10.1. The van der Waals surface area contributed by atoms with Crippen molar-refractivity contribution in [1.82, 2.24) is 0 Å². The highest BCUT2D eigenvalue weighted by Crippen LogP contribution is 2.30. The van der Waals surface area contributed by atoms with Gasteiger partial charge in [-0.1, -0.05) is 54.6 Å². The number of hydrogen-bond donors (Lipinski definition) is 0. The first-order valence-electron chi connectivity index (χ1n) is 7.11. The van der Waals surface area contributed by atoms with Gasteiger partial charge in [0.2, 0.25) is 9.84 Å². The van der Waals surface area contributed by atoms with E-state index in [9.17, 15) is 8.42 Å². The summed E-state index contributed by atoms with van der Waals surface area (Å²) in [6.45, 7) is 0. The van der Waals surface area contributed by atoms with Crippen molar-refractivity contribution in [2.45, 2.75) is 16.2 Å². The number of fused-ring (bicyclic) bond motifs is 1. The second kappa shape index (κ2) is 6.16. The maximum atomic E-state index is 13.1. The van der Waals surface area contributed by atoms with Crippen LogP contribution in [0.25, 0.3) is 16.3 Å². The Balaban J connectivity index is 2.25. The van der Waals surface area contributed by atoms with E-state index in [1.165, 1.54) is 6.21 Å². The van der Waals surface area contributed by atoms with Crippen LogP contribution in [0.1, 0.15) is 5.56 Å². The van der Waals surface area contributed by atoms with Crippen LogP contribution in [0.4, 0.5) is 0 Å². The lowest BCUT2D eigenvalue weighted by Gasteiger charge is -2.11. The Labute approximate surface area is 134 Å². The minimum absolute atomic E-state index is 0.233. The molecule has 0 atom stereocenters. The third-order valence-corrected chi connectivity index (χ3v) is 5.61. The van der Waals surface area contributed by atoms with Crippen LogP contribution >= 0.6 is 0 Å². The average Bonchev–Trinajstić information content (AvgIpc) is 2.59. The van der Waals surface area contributed by atoms with E-state index >= 15 is 0 Å². The molecule has 3 aromatic carbocycles. The maximum Gasteiger partial charge on any atom is 0.261 e. The molecule has 0 N–H and O–H groups in total. The van der Waals surface area contributed by atoms with E-state index in [0.717, 1.165) is 5.39 Å². The van der Waals surface area contributed by atoms with Crippen LogP contribution in [0.2, 0.25) is 0 Å². The summed E-state index contributed by atoms with van der Waals surface area (Å²) in [6.07, 6.45) is 1.52. The fourth-order valence-corrected chi connectivity index (χ4v) is 4.35. The van der Waals surface area contributed by atoms with Crippen LogP contribution in [0.15, 0.2) is 76.5 Å². The highest BCUT2D eigenvalue weighted by Gasteiger charge is 2.23. The predicted octanol–water partition coefficient (Wildman–Crippen LogP) is 3.52. The third kappa shape index (κ3) is 2.80. The van der Waals surface area contributed by atoms with Gasteiger partial charge in [-0.3, -0.25) is 0 Å². The first kappa shape index (κ1) is 15.2. The van der Waals surface area contributed by atoms with Crippen LogP contribution in [0.3, 0.4) is 0 Å². The van der Waals surface area contributed by atoms with Crippen molar-refractivity contribution < 1.29 is 13.2 Å². The normalized spacial score (nSPS) is 11.1. The Morgan fingerprint density at radius 3 is 2.35 bits per heavy atom. The van der Waals surface area contributed by atoms with E-state index in [0.29, 0.717) is 10.9 Å². The molecule has 0 amide bonds. The van der Waals surface area contributed by atoms with Crippen LogP contribution in [0.5, 0.6) is 0 Å². The highest BCUT2D eigenvalue weighted by molar-refractivity contribution is 7.91. The average molecular weight is 322 g/mol. The van der Waals surface area contributed by atoms with E-state index in [1.807, 2.05) is 24.3 Å². The second-order valence-corrected chi connectivity index (χ2v) is 6.98. The number of rotatable bonds is 4. The monoisotopic (exact) mass is 322 g/mol. The first-order chi connectivity index (χ1) is 11.1. The van der Waals surface area contributed by atoms with E-state index in [-0.39, 0.29) is 16.2 Å². The SMILES string of the molecule is [N-]=[N+]=CCc1ccccc1S(=O)(=O)c1cccc2ccccc12. The first-order valence-corrected chi connectivity index (χ1v) is 8.59. The van der Waals surface area contributed by atoms with Crippen molar-refractivity contribution in [2.24, 2.45) is 0 Å². The van der Waals surface area contributed by atoms with Gasteiger partial charge in [0.05, 0.1) is 16.2 Å². The quantitative estimate of drug-likeness (QED) is 0.419. The molecule has 0 saturated heterocycles. The molecule has 0 aliphatic carbocycles.